The molecular weight excluding hydrogens is 284 g/mol. The maximum atomic E-state index is 12.0. The van der Waals surface area contributed by atoms with E-state index in [9.17, 15) is 9.59 Å². The van der Waals surface area contributed by atoms with Gasteiger partial charge in [0.2, 0.25) is 5.91 Å². The maximum absolute atomic E-state index is 12.0. The van der Waals surface area contributed by atoms with Gasteiger partial charge in [-0.15, -0.1) is 0 Å². The molecule has 0 aliphatic carbocycles. The molecule has 0 aromatic rings. The molecule has 0 rings (SSSR count). The van der Waals surface area contributed by atoms with Crippen molar-refractivity contribution in [2.24, 2.45) is 0 Å². The minimum absolute atomic E-state index is 0.0215. The van der Waals surface area contributed by atoms with Crippen LogP contribution in [0.3, 0.4) is 0 Å². The number of carbonyl (C=O) groups is 2. The van der Waals surface area contributed by atoms with Gasteiger partial charge in [0.05, 0.1) is 5.54 Å². The number of nitrogens with one attached hydrogen (secondary N) is 2. The maximum Gasteiger partial charge on any atom is 0.407 e. The zero-order chi connectivity index (χ0) is 17.2. The highest BCUT2D eigenvalue weighted by molar-refractivity contribution is 5.77. The van der Waals surface area contributed by atoms with E-state index in [-0.39, 0.29) is 5.91 Å². The van der Waals surface area contributed by atoms with Crippen LogP contribution in [0.2, 0.25) is 0 Å². The Labute approximate surface area is 134 Å². The van der Waals surface area contributed by atoms with E-state index in [4.69, 9.17) is 9.47 Å². The lowest BCUT2D eigenvalue weighted by Crippen LogP contribution is -2.55. The zero-order valence-electron chi connectivity index (χ0n) is 14.9. The zero-order valence-corrected chi connectivity index (χ0v) is 14.9. The number of amides is 2. The summed E-state index contributed by atoms with van der Waals surface area (Å²) in [7, 11) is 1.62. The van der Waals surface area contributed by atoms with Crippen LogP contribution in [-0.4, -0.2) is 43.4 Å². The van der Waals surface area contributed by atoms with Crippen molar-refractivity contribution in [1.29, 1.82) is 0 Å². The molecule has 0 aromatic carbocycles. The van der Waals surface area contributed by atoms with E-state index in [1.165, 1.54) is 0 Å². The van der Waals surface area contributed by atoms with E-state index in [1.54, 1.807) is 7.11 Å². The van der Waals surface area contributed by atoms with Crippen molar-refractivity contribution in [1.82, 2.24) is 10.6 Å². The molecule has 2 N–H and O–H groups in total. The lowest BCUT2D eigenvalue weighted by atomic mass is 9.92. The minimum Gasteiger partial charge on any atom is -0.444 e. The summed E-state index contributed by atoms with van der Waals surface area (Å²) >= 11 is 0. The van der Waals surface area contributed by atoms with Crippen molar-refractivity contribution in [2.75, 3.05) is 20.3 Å². The molecule has 22 heavy (non-hydrogen) atoms. The Morgan fingerprint density at radius 1 is 1.09 bits per heavy atom. The van der Waals surface area contributed by atoms with E-state index in [0.29, 0.717) is 26.0 Å². The van der Waals surface area contributed by atoms with Crippen molar-refractivity contribution < 1.29 is 19.1 Å². The number of hydrogen-bond acceptors (Lipinski definition) is 4. The Balaban J connectivity index is 4.49. The van der Waals surface area contributed by atoms with Gasteiger partial charge in [0.1, 0.15) is 5.60 Å². The van der Waals surface area contributed by atoms with E-state index in [1.807, 2.05) is 34.6 Å². The van der Waals surface area contributed by atoms with Crippen LogP contribution in [-0.2, 0) is 14.3 Å². The van der Waals surface area contributed by atoms with Crippen LogP contribution in [0.4, 0.5) is 4.79 Å². The second-order valence-electron chi connectivity index (χ2n) is 6.49. The van der Waals surface area contributed by atoms with E-state index in [2.05, 4.69) is 10.6 Å². The predicted octanol–water partition coefficient (Wildman–Crippen LogP) is 2.61. The van der Waals surface area contributed by atoms with Crippen molar-refractivity contribution in [3.8, 4) is 0 Å². The van der Waals surface area contributed by atoms with Gasteiger partial charge in [-0.2, -0.15) is 0 Å². The third-order valence-corrected chi connectivity index (χ3v) is 3.48. The molecule has 0 bridgehead atoms. The van der Waals surface area contributed by atoms with E-state index >= 15 is 0 Å². The van der Waals surface area contributed by atoms with Gasteiger partial charge in [0.25, 0.3) is 0 Å². The van der Waals surface area contributed by atoms with Gasteiger partial charge in [0.15, 0.2) is 0 Å². The summed E-state index contributed by atoms with van der Waals surface area (Å²) in [4.78, 5) is 23.8. The van der Waals surface area contributed by atoms with Crippen molar-refractivity contribution in [2.45, 2.75) is 71.4 Å². The number of carbonyl (C=O) groups excluding carboxylic acids is 2. The largest absolute Gasteiger partial charge is 0.444 e. The molecule has 2 amide bonds. The first-order chi connectivity index (χ1) is 10.2. The summed E-state index contributed by atoms with van der Waals surface area (Å²) in [6, 6.07) is 0. The number of hydrogen-bond donors (Lipinski definition) is 2. The molecule has 0 heterocycles. The highest BCUT2D eigenvalue weighted by Gasteiger charge is 2.29. The van der Waals surface area contributed by atoms with Gasteiger partial charge in [-0.1, -0.05) is 13.8 Å². The topological polar surface area (TPSA) is 76.7 Å². The van der Waals surface area contributed by atoms with Gasteiger partial charge in [-0.25, -0.2) is 4.79 Å². The molecule has 6 heteroatoms. The van der Waals surface area contributed by atoms with Gasteiger partial charge in [-0.3, -0.25) is 4.79 Å². The summed E-state index contributed by atoms with van der Waals surface area (Å²) < 4.78 is 10.2. The molecule has 0 atom stereocenters. The smallest absolute Gasteiger partial charge is 0.407 e. The van der Waals surface area contributed by atoms with E-state index < -0.39 is 17.2 Å². The van der Waals surface area contributed by atoms with Crippen LogP contribution < -0.4 is 10.6 Å². The van der Waals surface area contributed by atoms with Crippen molar-refractivity contribution in [3.05, 3.63) is 0 Å². The number of rotatable bonds is 9. The normalized spacial score (nSPS) is 11.9. The minimum atomic E-state index is -0.533. The molecular formula is C16H32N2O4. The summed E-state index contributed by atoms with van der Waals surface area (Å²) in [6.45, 7) is 10.4. The Morgan fingerprint density at radius 3 is 2.14 bits per heavy atom. The molecule has 6 nitrogen and oxygen atoms in total. The molecule has 0 saturated heterocycles. The molecule has 0 spiro atoms. The quantitative estimate of drug-likeness (QED) is 0.641. The second kappa shape index (κ2) is 9.66. The fourth-order valence-corrected chi connectivity index (χ4v) is 2.01. The summed E-state index contributed by atoms with van der Waals surface area (Å²) in [5.74, 6) is -0.0215. The highest BCUT2D eigenvalue weighted by Crippen LogP contribution is 2.15. The molecule has 130 valence electrons. The summed E-state index contributed by atoms with van der Waals surface area (Å²) in [6.07, 6.45) is 2.10. The van der Waals surface area contributed by atoms with Crippen LogP contribution in [0.1, 0.15) is 60.3 Å². The Kier molecular flexibility index (Phi) is 9.09. The monoisotopic (exact) mass is 316 g/mol. The van der Waals surface area contributed by atoms with Crippen LogP contribution in [0.15, 0.2) is 0 Å². The highest BCUT2D eigenvalue weighted by atomic mass is 16.6. The Bertz CT molecular complexity index is 347. The van der Waals surface area contributed by atoms with Crippen LogP contribution >= 0.6 is 0 Å². The fraction of sp³-hybridized carbons (Fsp3) is 0.875. The van der Waals surface area contributed by atoms with Crippen molar-refractivity contribution >= 4 is 12.0 Å². The first kappa shape index (κ1) is 20.7. The fourth-order valence-electron chi connectivity index (χ4n) is 2.01. The van der Waals surface area contributed by atoms with E-state index in [0.717, 1.165) is 12.8 Å². The number of ether oxygens (including phenoxy) is 2. The lowest BCUT2D eigenvalue weighted by Gasteiger charge is -2.33. The van der Waals surface area contributed by atoms with Crippen LogP contribution in [0, 0.1) is 0 Å². The molecule has 0 fully saturated rings. The van der Waals surface area contributed by atoms with Gasteiger partial charge in [-0.05, 0) is 40.0 Å². The number of methoxy groups -OCH3 is 1. The van der Waals surface area contributed by atoms with Gasteiger partial charge < -0.3 is 20.1 Å². The first-order valence-corrected chi connectivity index (χ1v) is 7.95. The SMILES string of the molecule is CCC(CC)(CNC(=O)OC(C)(C)C)NC(=O)CCCOC. The lowest BCUT2D eigenvalue weighted by molar-refractivity contribution is -0.123. The molecule has 0 aliphatic heterocycles. The average molecular weight is 316 g/mol. The molecule has 0 unspecified atom stereocenters. The van der Waals surface area contributed by atoms with Gasteiger partial charge in [0, 0.05) is 26.7 Å². The molecule has 0 aliphatic rings. The molecule has 0 saturated carbocycles. The predicted molar refractivity (Wildman–Crippen MR) is 86.8 cm³/mol. The Hall–Kier alpha value is -1.30. The summed E-state index contributed by atoms with van der Waals surface area (Å²) in [5.41, 5.74) is -0.977. The molecule has 0 radical (unpaired) electrons. The third kappa shape index (κ3) is 8.87. The number of alkyl carbamates (subject to hydrolysis) is 1. The first-order valence-electron chi connectivity index (χ1n) is 7.95. The van der Waals surface area contributed by atoms with Crippen molar-refractivity contribution in [3.63, 3.8) is 0 Å². The average Bonchev–Trinajstić information content (AvgIpc) is 2.42. The summed E-state index contributed by atoms with van der Waals surface area (Å²) in [5, 5.41) is 5.80. The second-order valence-corrected chi connectivity index (χ2v) is 6.49. The van der Waals surface area contributed by atoms with Crippen LogP contribution in [0.25, 0.3) is 0 Å². The van der Waals surface area contributed by atoms with Gasteiger partial charge >= 0.3 is 6.09 Å². The standard InChI is InChI=1S/C16H32N2O4/c1-7-16(8-2,18-13(19)10-9-11-21-6)12-17-14(20)22-15(3,4)5/h7-12H2,1-6H3,(H,17,20)(H,18,19). The molecule has 0 aromatic heterocycles. The van der Waals surface area contributed by atoms with Crippen LogP contribution in [0.5, 0.6) is 0 Å². The third-order valence-electron chi connectivity index (χ3n) is 3.48. The Morgan fingerprint density at radius 2 is 1.68 bits per heavy atom.